The molecule has 4 aromatic rings. The van der Waals surface area contributed by atoms with Crippen molar-refractivity contribution < 1.29 is 12.8 Å². The molecule has 6 rings (SSSR count). The topological polar surface area (TPSA) is 78.7 Å². The molecular weight excluding hydrogens is 520 g/mol. The van der Waals surface area contributed by atoms with Gasteiger partial charge < -0.3 is 14.6 Å². The number of benzene rings is 2. The lowest BCUT2D eigenvalue weighted by molar-refractivity contribution is 0.200. The summed E-state index contributed by atoms with van der Waals surface area (Å²) < 4.78 is 35.6. The first-order valence-corrected chi connectivity index (χ1v) is 15.2. The summed E-state index contributed by atoms with van der Waals surface area (Å²) in [5.41, 5.74) is 1.58. The Kier molecular flexibility index (Phi) is 7.07. The van der Waals surface area contributed by atoms with Gasteiger partial charge >= 0.3 is 0 Å². The van der Waals surface area contributed by atoms with Crippen molar-refractivity contribution in [1.29, 1.82) is 0 Å². The second kappa shape index (κ2) is 10.5. The fourth-order valence-electron chi connectivity index (χ4n) is 5.93. The van der Waals surface area contributed by atoms with Gasteiger partial charge in [0.25, 0.3) is 0 Å². The van der Waals surface area contributed by atoms with E-state index in [-0.39, 0.29) is 6.04 Å². The molecule has 2 aromatic carbocycles. The summed E-state index contributed by atoms with van der Waals surface area (Å²) in [5.74, 6) is 1.15. The van der Waals surface area contributed by atoms with E-state index in [0.29, 0.717) is 34.3 Å². The number of rotatable bonds is 7. The molecule has 2 aliphatic heterocycles. The second-order valence-corrected chi connectivity index (χ2v) is 13.0. The molecule has 2 fully saturated rings. The third-order valence-electron chi connectivity index (χ3n) is 7.89. The number of furan rings is 1. The minimum absolute atomic E-state index is 0.152. The molecule has 2 saturated heterocycles. The van der Waals surface area contributed by atoms with Crippen molar-refractivity contribution in [2.24, 2.45) is 5.92 Å². The van der Waals surface area contributed by atoms with Crippen LogP contribution in [0.2, 0.25) is 5.02 Å². The number of aromatic nitrogens is 1. The van der Waals surface area contributed by atoms with E-state index in [0.717, 1.165) is 60.3 Å². The zero-order valence-electron chi connectivity index (χ0n) is 21.6. The molecule has 1 N–H and O–H groups in total. The smallest absolute Gasteiger partial charge is 0.243 e. The summed E-state index contributed by atoms with van der Waals surface area (Å²) in [6.07, 6.45) is 7.87. The highest BCUT2D eigenvalue weighted by Crippen LogP contribution is 2.35. The zero-order valence-corrected chi connectivity index (χ0v) is 23.1. The number of piperidine rings is 1. The Morgan fingerprint density at radius 3 is 2.76 bits per heavy atom. The molecule has 2 aliphatic rings. The maximum Gasteiger partial charge on any atom is 0.243 e. The Hall–Kier alpha value is -2.65. The van der Waals surface area contributed by atoms with Crippen molar-refractivity contribution >= 4 is 49.1 Å². The lowest BCUT2D eigenvalue weighted by atomic mass is 9.99. The van der Waals surface area contributed by atoms with Crippen molar-refractivity contribution in [2.75, 3.05) is 38.0 Å². The molecule has 200 valence electrons. The lowest BCUT2D eigenvalue weighted by Crippen LogP contribution is -2.43. The quantitative estimate of drug-likeness (QED) is 0.290. The molecule has 0 radical (unpaired) electrons. The van der Waals surface area contributed by atoms with Gasteiger partial charge in [0.15, 0.2) is 0 Å². The van der Waals surface area contributed by atoms with Crippen molar-refractivity contribution in [2.45, 2.75) is 43.5 Å². The first-order chi connectivity index (χ1) is 18.4. The molecule has 0 amide bonds. The number of fused-ring (bicyclic) bond motifs is 2. The molecule has 4 heterocycles. The Morgan fingerprint density at radius 1 is 1.08 bits per heavy atom. The Bertz CT molecular complexity index is 1560. The number of pyridine rings is 1. The average molecular weight is 553 g/mol. The average Bonchev–Trinajstić information content (AvgIpc) is 3.58. The van der Waals surface area contributed by atoms with E-state index >= 15 is 0 Å². The third-order valence-corrected chi connectivity index (χ3v) is 10.0. The molecule has 0 bridgehead atoms. The maximum atomic E-state index is 13.9. The first kappa shape index (κ1) is 25.6. The van der Waals surface area contributed by atoms with E-state index < -0.39 is 10.0 Å². The highest BCUT2D eigenvalue weighted by molar-refractivity contribution is 7.89. The van der Waals surface area contributed by atoms with Crippen LogP contribution in [0, 0.1) is 5.92 Å². The van der Waals surface area contributed by atoms with Crippen molar-refractivity contribution in [3.8, 4) is 0 Å². The predicted molar refractivity (Wildman–Crippen MR) is 152 cm³/mol. The summed E-state index contributed by atoms with van der Waals surface area (Å²) in [5, 5.41) is 6.55. The number of hydrogen-bond acceptors (Lipinski definition) is 6. The van der Waals surface area contributed by atoms with Gasteiger partial charge in [-0.3, -0.25) is 4.98 Å². The molecule has 2 unspecified atom stereocenters. The highest BCUT2D eigenvalue weighted by Gasteiger charge is 2.32. The van der Waals surface area contributed by atoms with E-state index in [9.17, 15) is 8.42 Å². The van der Waals surface area contributed by atoms with Crippen LogP contribution in [0.5, 0.6) is 0 Å². The van der Waals surface area contributed by atoms with Crippen molar-refractivity contribution in [3.05, 3.63) is 65.6 Å². The Labute approximate surface area is 228 Å². The normalized spacial score (nSPS) is 20.3. The van der Waals surface area contributed by atoms with Gasteiger partial charge in [0.2, 0.25) is 10.0 Å². The molecule has 0 spiro atoms. The zero-order chi connectivity index (χ0) is 26.3. The Balaban J connectivity index is 1.26. The molecule has 9 heteroatoms. The summed E-state index contributed by atoms with van der Waals surface area (Å²) in [6, 6.07) is 12.8. The SMILES string of the molecule is CC(Nc1ccc(S(=O)(=O)N2CCCC(CN3CCCC3)C2)c2ccncc12)c1cc2cc(Cl)ccc2o1. The molecule has 2 aromatic heterocycles. The van der Waals surface area contributed by atoms with Crippen LogP contribution in [0.4, 0.5) is 5.69 Å². The van der Waals surface area contributed by atoms with E-state index in [4.69, 9.17) is 16.0 Å². The van der Waals surface area contributed by atoms with Gasteiger partial charge in [-0.1, -0.05) is 11.6 Å². The summed E-state index contributed by atoms with van der Waals surface area (Å²) in [4.78, 5) is 7.14. The number of halogens is 1. The number of nitrogens with one attached hydrogen (secondary N) is 1. The molecule has 0 saturated carbocycles. The fraction of sp³-hybridized carbons (Fsp3) is 0.414. The van der Waals surface area contributed by atoms with Gasteiger partial charge in [0.1, 0.15) is 11.3 Å². The van der Waals surface area contributed by atoms with E-state index in [1.54, 1.807) is 28.8 Å². The molecule has 0 aliphatic carbocycles. The van der Waals surface area contributed by atoms with E-state index in [1.165, 1.54) is 12.8 Å². The Morgan fingerprint density at radius 2 is 1.92 bits per heavy atom. The summed E-state index contributed by atoms with van der Waals surface area (Å²) >= 11 is 6.14. The fourth-order valence-corrected chi connectivity index (χ4v) is 7.86. The van der Waals surface area contributed by atoms with E-state index in [2.05, 4.69) is 15.2 Å². The van der Waals surface area contributed by atoms with Crippen LogP contribution >= 0.6 is 11.6 Å². The van der Waals surface area contributed by atoms with Gasteiger partial charge in [-0.15, -0.1) is 0 Å². The molecule has 2 atom stereocenters. The van der Waals surface area contributed by atoms with Crippen LogP contribution in [0.15, 0.2) is 64.2 Å². The van der Waals surface area contributed by atoms with Crippen LogP contribution < -0.4 is 5.32 Å². The van der Waals surface area contributed by atoms with Crippen molar-refractivity contribution in [1.82, 2.24) is 14.2 Å². The van der Waals surface area contributed by atoms with Gasteiger partial charge in [0.05, 0.1) is 10.9 Å². The van der Waals surface area contributed by atoms with Gasteiger partial charge in [-0.25, -0.2) is 8.42 Å². The van der Waals surface area contributed by atoms with Gasteiger partial charge in [-0.2, -0.15) is 4.31 Å². The monoisotopic (exact) mass is 552 g/mol. The third kappa shape index (κ3) is 5.02. The number of anilines is 1. The number of likely N-dealkylation sites (tertiary alicyclic amines) is 1. The second-order valence-electron chi connectivity index (χ2n) is 10.6. The number of nitrogens with zero attached hydrogens (tertiary/aromatic N) is 3. The predicted octanol–water partition coefficient (Wildman–Crippen LogP) is 6.30. The van der Waals surface area contributed by atoms with Gasteiger partial charge in [0, 0.05) is 58.9 Å². The highest BCUT2D eigenvalue weighted by atomic mass is 35.5. The molecular formula is C29H33ClN4O3S. The van der Waals surface area contributed by atoms with E-state index in [1.807, 2.05) is 37.3 Å². The van der Waals surface area contributed by atoms with Crippen LogP contribution in [0.25, 0.3) is 21.7 Å². The van der Waals surface area contributed by atoms with Crippen LogP contribution in [-0.2, 0) is 10.0 Å². The summed E-state index contributed by atoms with van der Waals surface area (Å²) in [6.45, 7) is 6.42. The van der Waals surface area contributed by atoms with Gasteiger partial charge in [-0.05, 0) is 94.1 Å². The molecule has 7 nitrogen and oxygen atoms in total. The van der Waals surface area contributed by atoms with Crippen LogP contribution in [0.3, 0.4) is 0 Å². The number of hydrogen-bond donors (Lipinski definition) is 1. The largest absolute Gasteiger partial charge is 0.459 e. The minimum Gasteiger partial charge on any atom is -0.459 e. The standard InChI is InChI=1S/C29H33ClN4O3S/c1-20(28-16-22-15-23(30)6-8-27(22)37-28)32-26-7-9-29(24-10-11-31-17-25(24)26)38(35,36)34-14-4-5-21(19-34)18-33-12-2-3-13-33/h6-11,15-17,20-21,32H,2-5,12-14,18-19H2,1H3. The van der Waals surface area contributed by atoms with Crippen LogP contribution in [0.1, 0.15) is 44.4 Å². The molecule has 38 heavy (non-hydrogen) atoms. The van der Waals surface area contributed by atoms with Crippen LogP contribution in [-0.4, -0.2) is 55.3 Å². The minimum atomic E-state index is -3.65. The summed E-state index contributed by atoms with van der Waals surface area (Å²) in [7, 11) is -3.65. The maximum absolute atomic E-state index is 13.9. The lowest BCUT2D eigenvalue weighted by Gasteiger charge is -2.34. The van der Waals surface area contributed by atoms with Crippen molar-refractivity contribution in [3.63, 3.8) is 0 Å². The first-order valence-electron chi connectivity index (χ1n) is 13.4. The number of sulfonamides is 1.